The summed E-state index contributed by atoms with van der Waals surface area (Å²) in [6, 6.07) is 0. The molecule has 1 fully saturated rings. The summed E-state index contributed by atoms with van der Waals surface area (Å²) in [5, 5.41) is 0. The average molecular weight is 254 g/mol. The van der Waals surface area contributed by atoms with Crippen LogP contribution in [-0.4, -0.2) is 26.2 Å². The van der Waals surface area contributed by atoms with E-state index >= 15 is 0 Å². The highest BCUT2D eigenvalue weighted by Crippen LogP contribution is 2.29. The van der Waals surface area contributed by atoms with Gasteiger partial charge in [-0.1, -0.05) is 32.4 Å². The highest BCUT2D eigenvalue weighted by atomic mass is 16.5. The Morgan fingerprint density at radius 3 is 2.00 bits per heavy atom. The van der Waals surface area contributed by atoms with Crippen LogP contribution in [0, 0.1) is 5.92 Å². The fourth-order valence-corrected chi connectivity index (χ4v) is 1.83. The molecule has 4 heteroatoms. The normalized spacial score (nSPS) is 14.8. The lowest BCUT2D eigenvalue weighted by Gasteiger charge is -2.21. The molecule has 0 atom stereocenters. The predicted octanol–water partition coefficient (Wildman–Crippen LogP) is 2.64. The van der Waals surface area contributed by atoms with Crippen LogP contribution in [0.4, 0.5) is 0 Å². The van der Waals surface area contributed by atoms with Crippen molar-refractivity contribution in [2.75, 3.05) is 14.2 Å². The van der Waals surface area contributed by atoms with E-state index in [1.165, 1.54) is 33.5 Å². The maximum Gasteiger partial charge on any atom is 0.333 e. The molecule has 102 valence electrons. The molecule has 0 unspecified atom stereocenters. The van der Waals surface area contributed by atoms with E-state index in [2.05, 4.69) is 22.6 Å². The SMILES string of the molecule is C=C(C(=O)OC)C1CCCCC1.C=CC(=O)OC. The van der Waals surface area contributed by atoms with Crippen molar-refractivity contribution in [3.8, 4) is 0 Å². The Balaban J connectivity index is 0.000000411. The van der Waals surface area contributed by atoms with Crippen LogP contribution >= 0.6 is 0 Å². The first-order valence-corrected chi connectivity index (χ1v) is 6.04. The van der Waals surface area contributed by atoms with Crippen molar-refractivity contribution in [1.29, 1.82) is 0 Å². The minimum Gasteiger partial charge on any atom is -0.466 e. The Morgan fingerprint density at radius 1 is 1.11 bits per heavy atom. The molecule has 0 spiro atoms. The molecular weight excluding hydrogens is 232 g/mol. The van der Waals surface area contributed by atoms with Gasteiger partial charge in [0.15, 0.2) is 0 Å². The van der Waals surface area contributed by atoms with Crippen molar-refractivity contribution in [1.82, 2.24) is 0 Å². The van der Waals surface area contributed by atoms with E-state index in [4.69, 9.17) is 0 Å². The molecule has 1 saturated carbocycles. The number of hydrogen-bond donors (Lipinski definition) is 0. The number of ether oxygens (including phenoxy) is 2. The molecule has 0 N–H and O–H groups in total. The summed E-state index contributed by atoms with van der Waals surface area (Å²) >= 11 is 0. The van der Waals surface area contributed by atoms with E-state index < -0.39 is 5.97 Å². The molecule has 0 bridgehead atoms. The Bertz CT molecular complexity index is 301. The highest BCUT2D eigenvalue weighted by molar-refractivity contribution is 5.88. The molecule has 0 amide bonds. The number of carbonyl (C=O) groups is 2. The number of rotatable bonds is 3. The number of methoxy groups -OCH3 is 2. The zero-order chi connectivity index (χ0) is 14.0. The van der Waals surface area contributed by atoms with Crippen molar-refractivity contribution in [3.05, 3.63) is 24.8 Å². The third-order valence-corrected chi connectivity index (χ3v) is 2.91. The van der Waals surface area contributed by atoms with Crippen LogP contribution < -0.4 is 0 Å². The fourth-order valence-electron chi connectivity index (χ4n) is 1.83. The Morgan fingerprint density at radius 2 is 1.67 bits per heavy atom. The summed E-state index contributed by atoms with van der Waals surface area (Å²) in [6.07, 6.45) is 7.06. The van der Waals surface area contributed by atoms with Crippen molar-refractivity contribution in [3.63, 3.8) is 0 Å². The maximum absolute atomic E-state index is 11.1. The van der Waals surface area contributed by atoms with E-state index in [0.717, 1.165) is 18.9 Å². The van der Waals surface area contributed by atoms with Crippen molar-refractivity contribution in [2.45, 2.75) is 32.1 Å². The van der Waals surface area contributed by atoms with E-state index in [9.17, 15) is 9.59 Å². The molecule has 0 radical (unpaired) electrons. The Labute approximate surface area is 109 Å². The number of hydrogen-bond acceptors (Lipinski definition) is 4. The zero-order valence-electron chi connectivity index (χ0n) is 11.2. The highest BCUT2D eigenvalue weighted by Gasteiger charge is 2.21. The van der Waals surface area contributed by atoms with E-state index in [-0.39, 0.29) is 5.97 Å². The van der Waals surface area contributed by atoms with E-state index in [1.54, 1.807) is 0 Å². The lowest BCUT2D eigenvalue weighted by Crippen LogP contribution is -2.16. The second-order valence-corrected chi connectivity index (χ2v) is 4.08. The van der Waals surface area contributed by atoms with E-state index in [0.29, 0.717) is 11.5 Å². The monoisotopic (exact) mass is 254 g/mol. The Kier molecular flexibility index (Phi) is 8.62. The van der Waals surface area contributed by atoms with Gasteiger partial charge in [0, 0.05) is 11.6 Å². The van der Waals surface area contributed by atoms with Gasteiger partial charge in [-0.05, 0) is 18.8 Å². The lowest BCUT2D eigenvalue weighted by molar-refractivity contribution is -0.137. The van der Waals surface area contributed by atoms with Crippen LogP contribution in [0.5, 0.6) is 0 Å². The first-order chi connectivity index (χ1) is 8.56. The maximum atomic E-state index is 11.1. The summed E-state index contributed by atoms with van der Waals surface area (Å²) in [4.78, 5) is 20.9. The van der Waals surface area contributed by atoms with Crippen molar-refractivity contribution >= 4 is 11.9 Å². The predicted molar refractivity (Wildman–Crippen MR) is 69.9 cm³/mol. The van der Waals surface area contributed by atoms with Crippen LogP contribution in [0.2, 0.25) is 0 Å². The largest absolute Gasteiger partial charge is 0.466 e. The topological polar surface area (TPSA) is 52.6 Å². The molecule has 1 aliphatic carbocycles. The summed E-state index contributed by atoms with van der Waals surface area (Å²) in [5.41, 5.74) is 0.664. The first kappa shape index (κ1) is 16.4. The minimum atomic E-state index is -0.394. The van der Waals surface area contributed by atoms with Gasteiger partial charge < -0.3 is 9.47 Å². The lowest BCUT2D eigenvalue weighted by atomic mass is 9.84. The first-order valence-electron chi connectivity index (χ1n) is 6.04. The molecule has 0 aliphatic heterocycles. The van der Waals surface area contributed by atoms with Gasteiger partial charge in [-0.3, -0.25) is 0 Å². The number of esters is 2. The van der Waals surface area contributed by atoms with Crippen LogP contribution in [0.15, 0.2) is 24.8 Å². The molecule has 4 nitrogen and oxygen atoms in total. The summed E-state index contributed by atoms with van der Waals surface area (Å²) in [5.74, 6) is -0.247. The van der Waals surface area contributed by atoms with Gasteiger partial charge in [-0.25, -0.2) is 9.59 Å². The third kappa shape index (κ3) is 6.23. The van der Waals surface area contributed by atoms with Crippen LogP contribution in [0.25, 0.3) is 0 Å². The van der Waals surface area contributed by atoms with Gasteiger partial charge in [0.2, 0.25) is 0 Å². The molecular formula is C14H22O4. The second-order valence-electron chi connectivity index (χ2n) is 4.08. The fraction of sp³-hybridized carbons (Fsp3) is 0.571. The average Bonchev–Trinajstić information content (AvgIpc) is 2.46. The number of carbonyl (C=O) groups excluding carboxylic acids is 2. The van der Waals surface area contributed by atoms with Gasteiger partial charge in [0.1, 0.15) is 0 Å². The molecule has 0 aromatic carbocycles. The van der Waals surface area contributed by atoms with E-state index in [1.807, 2.05) is 0 Å². The molecule has 0 heterocycles. The van der Waals surface area contributed by atoms with Gasteiger partial charge in [0.05, 0.1) is 14.2 Å². The minimum absolute atomic E-state index is 0.234. The Hall–Kier alpha value is -1.58. The van der Waals surface area contributed by atoms with Gasteiger partial charge >= 0.3 is 11.9 Å². The van der Waals surface area contributed by atoms with Crippen molar-refractivity contribution < 1.29 is 19.1 Å². The quantitative estimate of drug-likeness (QED) is 0.574. The summed E-state index contributed by atoms with van der Waals surface area (Å²) in [6.45, 7) is 6.93. The molecule has 0 aromatic rings. The second kappa shape index (κ2) is 9.45. The summed E-state index contributed by atoms with van der Waals surface area (Å²) < 4.78 is 8.77. The van der Waals surface area contributed by atoms with Crippen molar-refractivity contribution in [2.24, 2.45) is 5.92 Å². The molecule has 0 aromatic heterocycles. The standard InChI is InChI=1S/C10H16O2.C4H6O2/c1-8(10(11)12-2)9-6-4-3-5-7-9;1-3-4(5)6-2/h9H,1,3-7H2,2H3;3H,1H2,2H3. The molecule has 18 heavy (non-hydrogen) atoms. The van der Waals surface area contributed by atoms with Crippen LogP contribution in [0.3, 0.4) is 0 Å². The van der Waals surface area contributed by atoms with Gasteiger partial charge in [-0.2, -0.15) is 0 Å². The third-order valence-electron chi connectivity index (χ3n) is 2.91. The zero-order valence-corrected chi connectivity index (χ0v) is 11.2. The molecule has 1 rings (SSSR count). The van der Waals surface area contributed by atoms with Gasteiger partial charge in [0.25, 0.3) is 0 Å². The molecule has 0 saturated heterocycles. The van der Waals surface area contributed by atoms with Crippen LogP contribution in [-0.2, 0) is 19.1 Å². The summed E-state index contributed by atoms with van der Waals surface area (Å²) in [7, 11) is 2.72. The molecule has 1 aliphatic rings. The smallest absolute Gasteiger partial charge is 0.333 e. The van der Waals surface area contributed by atoms with Crippen LogP contribution in [0.1, 0.15) is 32.1 Å². The van der Waals surface area contributed by atoms with Gasteiger partial charge in [-0.15, -0.1) is 0 Å².